The maximum Gasteiger partial charge on any atom is 0.125 e. The summed E-state index contributed by atoms with van der Waals surface area (Å²) >= 11 is 0. The minimum atomic E-state index is -0.476. The van der Waals surface area contributed by atoms with Crippen molar-refractivity contribution in [3.05, 3.63) is 29.3 Å². The Labute approximate surface area is 116 Å². The molecule has 0 saturated heterocycles. The molecule has 1 aliphatic rings. The third-order valence-electron chi connectivity index (χ3n) is 4.46. The van der Waals surface area contributed by atoms with E-state index in [1.54, 1.807) is 6.92 Å². The maximum atomic E-state index is 9.84. The van der Waals surface area contributed by atoms with Crippen molar-refractivity contribution >= 4 is 0 Å². The fourth-order valence-electron chi connectivity index (χ4n) is 2.87. The quantitative estimate of drug-likeness (QED) is 0.882. The van der Waals surface area contributed by atoms with E-state index < -0.39 is 6.10 Å². The lowest BCUT2D eigenvalue weighted by Crippen LogP contribution is -2.29. The molecule has 0 bridgehead atoms. The molecule has 4 atom stereocenters. The molecule has 2 heteroatoms. The molecule has 19 heavy (non-hydrogen) atoms. The molecule has 0 heterocycles. The minimum Gasteiger partial charge on any atom is -0.490 e. The van der Waals surface area contributed by atoms with Crippen LogP contribution in [0.15, 0.2) is 18.2 Å². The van der Waals surface area contributed by atoms with Crippen LogP contribution in [0, 0.1) is 18.8 Å². The SMILES string of the molecule is Cc1ccc(C(C)O)c(OC2CCC(C)C(C)C2)c1. The highest BCUT2D eigenvalue weighted by molar-refractivity contribution is 5.38. The minimum absolute atomic E-state index is 0.297. The molecule has 1 aromatic carbocycles. The second-order valence-electron chi connectivity index (χ2n) is 6.22. The molecule has 1 aliphatic carbocycles. The van der Waals surface area contributed by atoms with Gasteiger partial charge in [-0.05, 0) is 56.6 Å². The van der Waals surface area contributed by atoms with E-state index in [1.807, 2.05) is 18.2 Å². The van der Waals surface area contributed by atoms with Crippen molar-refractivity contribution in [1.82, 2.24) is 0 Å². The zero-order valence-electron chi connectivity index (χ0n) is 12.5. The van der Waals surface area contributed by atoms with Crippen molar-refractivity contribution in [3.8, 4) is 5.75 Å². The molecule has 2 nitrogen and oxygen atoms in total. The lowest BCUT2D eigenvalue weighted by molar-refractivity contribution is 0.0957. The first-order chi connectivity index (χ1) is 8.97. The van der Waals surface area contributed by atoms with Crippen molar-refractivity contribution in [2.75, 3.05) is 0 Å². The normalized spacial score (nSPS) is 29.0. The summed E-state index contributed by atoms with van der Waals surface area (Å²) in [4.78, 5) is 0. The molecule has 4 unspecified atom stereocenters. The van der Waals surface area contributed by atoms with Crippen LogP contribution in [0.1, 0.15) is 57.3 Å². The Morgan fingerprint density at radius 1 is 1.21 bits per heavy atom. The Hall–Kier alpha value is -1.02. The number of hydrogen-bond donors (Lipinski definition) is 1. The van der Waals surface area contributed by atoms with E-state index in [0.29, 0.717) is 6.10 Å². The van der Waals surface area contributed by atoms with Crippen molar-refractivity contribution in [2.24, 2.45) is 11.8 Å². The first kappa shape index (κ1) is 14.4. The molecular formula is C17H26O2. The van der Waals surface area contributed by atoms with Gasteiger partial charge >= 0.3 is 0 Å². The van der Waals surface area contributed by atoms with Gasteiger partial charge in [0.2, 0.25) is 0 Å². The number of aliphatic hydroxyl groups excluding tert-OH is 1. The largest absolute Gasteiger partial charge is 0.490 e. The van der Waals surface area contributed by atoms with Crippen molar-refractivity contribution in [2.45, 2.75) is 59.2 Å². The van der Waals surface area contributed by atoms with Gasteiger partial charge < -0.3 is 9.84 Å². The van der Waals surface area contributed by atoms with E-state index >= 15 is 0 Å². The van der Waals surface area contributed by atoms with Crippen molar-refractivity contribution in [3.63, 3.8) is 0 Å². The van der Waals surface area contributed by atoms with E-state index in [4.69, 9.17) is 4.74 Å². The van der Waals surface area contributed by atoms with E-state index in [9.17, 15) is 5.11 Å². The molecule has 1 fully saturated rings. The summed E-state index contributed by atoms with van der Waals surface area (Å²) in [5.74, 6) is 2.38. The van der Waals surface area contributed by atoms with Gasteiger partial charge in [-0.3, -0.25) is 0 Å². The Morgan fingerprint density at radius 3 is 2.58 bits per heavy atom. The summed E-state index contributed by atoms with van der Waals surface area (Å²) in [6.07, 6.45) is 3.30. The Kier molecular flexibility index (Phi) is 4.51. The van der Waals surface area contributed by atoms with Gasteiger partial charge in [-0.1, -0.05) is 26.0 Å². The molecule has 0 aliphatic heterocycles. The monoisotopic (exact) mass is 262 g/mol. The molecular weight excluding hydrogens is 236 g/mol. The maximum absolute atomic E-state index is 9.84. The average Bonchev–Trinajstić information content (AvgIpc) is 2.33. The van der Waals surface area contributed by atoms with Gasteiger partial charge in [-0.25, -0.2) is 0 Å². The van der Waals surface area contributed by atoms with Crippen LogP contribution in [0.4, 0.5) is 0 Å². The first-order valence-electron chi connectivity index (χ1n) is 7.42. The number of hydrogen-bond acceptors (Lipinski definition) is 2. The van der Waals surface area contributed by atoms with Gasteiger partial charge in [0.25, 0.3) is 0 Å². The van der Waals surface area contributed by atoms with Crippen LogP contribution in [-0.4, -0.2) is 11.2 Å². The van der Waals surface area contributed by atoms with Crippen LogP contribution in [0.5, 0.6) is 5.75 Å². The molecule has 0 amide bonds. The van der Waals surface area contributed by atoms with Crippen molar-refractivity contribution in [1.29, 1.82) is 0 Å². The molecule has 1 saturated carbocycles. The van der Waals surface area contributed by atoms with Crippen LogP contribution < -0.4 is 4.74 Å². The Bertz CT molecular complexity index is 425. The van der Waals surface area contributed by atoms with Crippen LogP contribution >= 0.6 is 0 Å². The van der Waals surface area contributed by atoms with E-state index in [-0.39, 0.29) is 0 Å². The van der Waals surface area contributed by atoms with Gasteiger partial charge in [0.15, 0.2) is 0 Å². The fourth-order valence-corrected chi connectivity index (χ4v) is 2.87. The average molecular weight is 262 g/mol. The number of aryl methyl sites for hydroxylation is 1. The Morgan fingerprint density at radius 2 is 1.95 bits per heavy atom. The molecule has 2 rings (SSSR count). The molecule has 1 aromatic rings. The highest BCUT2D eigenvalue weighted by Crippen LogP contribution is 2.34. The second kappa shape index (κ2) is 5.96. The summed E-state index contributed by atoms with van der Waals surface area (Å²) in [5.41, 5.74) is 2.08. The van der Waals surface area contributed by atoms with Crippen molar-refractivity contribution < 1.29 is 9.84 Å². The summed E-state index contributed by atoms with van der Waals surface area (Å²) in [6, 6.07) is 6.05. The van der Waals surface area contributed by atoms with Crippen LogP contribution in [0.25, 0.3) is 0 Å². The van der Waals surface area contributed by atoms with Gasteiger partial charge in [-0.15, -0.1) is 0 Å². The molecule has 0 aromatic heterocycles. The van der Waals surface area contributed by atoms with E-state index in [2.05, 4.69) is 20.8 Å². The lowest BCUT2D eigenvalue weighted by atomic mass is 9.80. The van der Waals surface area contributed by atoms with Crippen LogP contribution in [0.3, 0.4) is 0 Å². The zero-order valence-corrected chi connectivity index (χ0v) is 12.5. The molecule has 1 N–H and O–H groups in total. The fraction of sp³-hybridized carbons (Fsp3) is 0.647. The Balaban J connectivity index is 2.12. The zero-order chi connectivity index (χ0) is 14.0. The second-order valence-corrected chi connectivity index (χ2v) is 6.22. The molecule has 0 radical (unpaired) electrons. The van der Waals surface area contributed by atoms with E-state index in [0.717, 1.165) is 36.0 Å². The third kappa shape index (κ3) is 3.50. The topological polar surface area (TPSA) is 29.5 Å². The van der Waals surface area contributed by atoms with Gasteiger partial charge in [0.05, 0.1) is 12.2 Å². The first-order valence-corrected chi connectivity index (χ1v) is 7.42. The molecule has 106 valence electrons. The van der Waals surface area contributed by atoms with Gasteiger partial charge in [-0.2, -0.15) is 0 Å². The summed E-state index contributed by atoms with van der Waals surface area (Å²) in [7, 11) is 0. The predicted octanol–water partition coefficient (Wildman–Crippen LogP) is 4.25. The summed E-state index contributed by atoms with van der Waals surface area (Å²) in [6.45, 7) is 8.49. The number of aliphatic hydroxyl groups is 1. The highest BCUT2D eigenvalue weighted by Gasteiger charge is 2.26. The summed E-state index contributed by atoms with van der Waals surface area (Å²) in [5, 5.41) is 9.84. The predicted molar refractivity (Wildman–Crippen MR) is 78.4 cm³/mol. The molecule has 0 spiro atoms. The van der Waals surface area contributed by atoms with Gasteiger partial charge in [0.1, 0.15) is 5.75 Å². The standard InChI is InChI=1S/C17H26O2/c1-11-5-8-16(14(4)18)17(9-11)19-15-7-6-12(2)13(3)10-15/h5,8-9,12-15,18H,6-7,10H2,1-4H3. The van der Waals surface area contributed by atoms with Crippen LogP contribution in [0.2, 0.25) is 0 Å². The van der Waals surface area contributed by atoms with Crippen LogP contribution in [-0.2, 0) is 0 Å². The summed E-state index contributed by atoms with van der Waals surface area (Å²) < 4.78 is 6.19. The number of benzene rings is 1. The number of ether oxygens (including phenoxy) is 1. The van der Waals surface area contributed by atoms with Gasteiger partial charge in [0, 0.05) is 5.56 Å². The third-order valence-corrected chi connectivity index (χ3v) is 4.46. The highest BCUT2D eigenvalue weighted by atomic mass is 16.5. The van der Waals surface area contributed by atoms with E-state index in [1.165, 1.54) is 12.0 Å². The smallest absolute Gasteiger partial charge is 0.125 e. The lowest BCUT2D eigenvalue weighted by Gasteiger charge is -2.33. The number of rotatable bonds is 3.